The molecule has 9 heteroatoms. The molecule has 180 valence electrons. The van der Waals surface area contributed by atoms with E-state index in [0.717, 1.165) is 28.8 Å². The van der Waals surface area contributed by atoms with E-state index >= 15 is 0 Å². The second-order valence-electron chi connectivity index (χ2n) is 7.79. The molecule has 0 aliphatic rings. The van der Waals surface area contributed by atoms with Gasteiger partial charge in [0.05, 0.1) is 5.56 Å². The molecule has 0 fully saturated rings. The Balaban J connectivity index is 1.50. The number of carbonyl (C=O) groups excluding carboxylic acids is 1. The number of aryl methyl sites for hydroxylation is 2. The number of hydrogen-bond acceptors (Lipinski definition) is 5. The summed E-state index contributed by atoms with van der Waals surface area (Å²) in [6, 6.07) is 11.3. The van der Waals surface area contributed by atoms with Crippen molar-refractivity contribution in [2.45, 2.75) is 32.7 Å². The van der Waals surface area contributed by atoms with Crippen molar-refractivity contribution >= 4 is 5.91 Å². The number of nitrogens with zero attached hydrogens (tertiary/aromatic N) is 1. The van der Waals surface area contributed by atoms with Crippen molar-refractivity contribution in [2.24, 2.45) is 0 Å². The van der Waals surface area contributed by atoms with Crippen LogP contribution < -0.4 is 14.8 Å². The summed E-state index contributed by atoms with van der Waals surface area (Å²) in [6.45, 7) is 3.76. The Bertz CT molecular complexity index is 1080. The maximum atomic E-state index is 12.6. The van der Waals surface area contributed by atoms with Crippen LogP contribution in [-0.4, -0.2) is 35.3 Å². The van der Waals surface area contributed by atoms with Gasteiger partial charge in [0.2, 0.25) is 0 Å². The smallest absolute Gasteiger partial charge is 0.416 e. The molecule has 0 saturated heterocycles. The first-order chi connectivity index (χ1) is 16.1. The minimum absolute atomic E-state index is 0.0865. The lowest BCUT2D eigenvalue weighted by Crippen LogP contribution is -2.35. The van der Waals surface area contributed by atoms with Crippen LogP contribution in [0.15, 0.2) is 60.9 Å². The topological polar surface area (TPSA) is 80.7 Å². The van der Waals surface area contributed by atoms with Crippen LogP contribution in [0.4, 0.5) is 13.2 Å². The van der Waals surface area contributed by atoms with Gasteiger partial charge in [-0.25, -0.2) is 0 Å². The molecule has 1 unspecified atom stereocenters. The number of amides is 1. The highest BCUT2D eigenvalue weighted by Crippen LogP contribution is 2.30. The summed E-state index contributed by atoms with van der Waals surface area (Å²) in [4.78, 5) is 16.6. The van der Waals surface area contributed by atoms with Crippen LogP contribution in [0, 0.1) is 13.8 Å². The summed E-state index contributed by atoms with van der Waals surface area (Å²) in [5.74, 6) is 0.496. The third-order valence-corrected chi connectivity index (χ3v) is 4.95. The SMILES string of the molecule is Cc1cc(C(=O)NCC(O)COc2ccc(C(F)(F)F)cc2)cc(C)c1OCc1cccnc1. The first-order valence-electron chi connectivity index (χ1n) is 10.5. The van der Waals surface area contributed by atoms with Crippen molar-refractivity contribution in [1.82, 2.24) is 10.3 Å². The predicted octanol–water partition coefficient (Wildman–Crippen LogP) is 4.47. The number of aliphatic hydroxyl groups is 1. The number of ether oxygens (including phenoxy) is 2. The van der Waals surface area contributed by atoms with Crippen molar-refractivity contribution in [1.29, 1.82) is 0 Å². The van der Waals surface area contributed by atoms with Gasteiger partial charge >= 0.3 is 6.18 Å². The normalized spacial score (nSPS) is 12.2. The predicted molar refractivity (Wildman–Crippen MR) is 120 cm³/mol. The number of aliphatic hydroxyl groups excluding tert-OH is 1. The van der Waals surface area contributed by atoms with Crippen LogP contribution in [0.3, 0.4) is 0 Å². The molecule has 0 bridgehead atoms. The summed E-state index contributed by atoms with van der Waals surface area (Å²) in [5.41, 5.74) is 2.14. The molecule has 1 atom stereocenters. The molecule has 0 aliphatic heterocycles. The highest BCUT2D eigenvalue weighted by Gasteiger charge is 2.30. The Kier molecular flexibility index (Phi) is 8.12. The number of hydrogen-bond donors (Lipinski definition) is 2. The van der Waals surface area contributed by atoms with Crippen LogP contribution in [0.2, 0.25) is 0 Å². The van der Waals surface area contributed by atoms with Crippen LogP contribution in [-0.2, 0) is 12.8 Å². The van der Waals surface area contributed by atoms with Crippen LogP contribution in [0.5, 0.6) is 11.5 Å². The first-order valence-corrected chi connectivity index (χ1v) is 10.5. The molecule has 6 nitrogen and oxygen atoms in total. The minimum atomic E-state index is -4.43. The van der Waals surface area contributed by atoms with Gasteiger partial charge in [0.15, 0.2) is 0 Å². The van der Waals surface area contributed by atoms with Gasteiger partial charge in [-0.15, -0.1) is 0 Å². The molecule has 1 amide bonds. The molecule has 34 heavy (non-hydrogen) atoms. The molecule has 2 aromatic carbocycles. The van der Waals surface area contributed by atoms with Crippen LogP contribution in [0.25, 0.3) is 0 Å². The largest absolute Gasteiger partial charge is 0.491 e. The number of benzene rings is 2. The quantitative estimate of drug-likeness (QED) is 0.479. The van der Waals surface area contributed by atoms with Gasteiger partial charge in [-0.3, -0.25) is 9.78 Å². The van der Waals surface area contributed by atoms with Gasteiger partial charge in [0, 0.05) is 30.1 Å². The van der Waals surface area contributed by atoms with Crippen molar-refractivity contribution in [3.8, 4) is 11.5 Å². The standard InChI is InChI=1S/C25H25F3N2O4/c1-16-10-19(11-17(2)23(16)34-14-18-4-3-9-29-12-18)24(32)30-13-21(31)15-33-22-7-5-20(6-8-22)25(26,27)28/h3-12,21,31H,13-15H2,1-2H3,(H,30,32). The maximum Gasteiger partial charge on any atom is 0.416 e. The van der Waals surface area contributed by atoms with Crippen molar-refractivity contribution in [3.05, 3.63) is 88.7 Å². The highest BCUT2D eigenvalue weighted by atomic mass is 19.4. The van der Waals surface area contributed by atoms with Gasteiger partial charge in [0.1, 0.15) is 30.8 Å². The third-order valence-electron chi connectivity index (χ3n) is 4.95. The lowest BCUT2D eigenvalue weighted by atomic mass is 10.0. The van der Waals surface area contributed by atoms with E-state index in [1.807, 2.05) is 26.0 Å². The monoisotopic (exact) mass is 474 g/mol. The number of pyridine rings is 1. The molecule has 3 aromatic rings. The molecule has 0 saturated carbocycles. The fraction of sp³-hybridized carbons (Fsp3) is 0.280. The van der Waals surface area contributed by atoms with E-state index < -0.39 is 17.8 Å². The Labute approximate surface area is 195 Å². The number of halogens is 3. The molecule has 1 aromatic heterocycles. The Morgan fingerprint density at radius 2 is 1.76 bits per heavy atom. The zero-order valence-corrected chi connectivity index (χ0v) is 18.7. The molecule has 3 rings (SSSR count). The van der Waals surface area contributed by atoms with Gasteiger partial charge < -0.3 is 19.9 Å². The zero-order chi connectivity index (χ0) is 24.7. The van der Waals surface area contributed by atoms with Gasteiger partial charge in [0.25, 0.3) is 5.91 Å². The van der Waals surface area contributed by atoms with Crippen LogP contribution in [0.1, 0.15) is 32.6 Å². The average molecular weight is 474 g/mol. The fourth-order valence-corrected chi connectivity index (χ4v) is 3.25. The number of nitrogens with one attached hydrogen (secondary N) is 1. The van der Waals surface area contributed by atoms with E-state index in [1.165, 1.54) is 12.1 Å². The Morgan fingerprint density at radius 1 is 1.09 bits per heavy atom. The van der Waals surface area contributed by atoms with Crippen molar-refractivity contribution in [2.75, 3.05) is 13.2 Å². The Morgan fingerprint density at radius 3 is 2.35 bits per heavy atom. The summed E-state index contributed by atoms with van der Waals surface area (Å²) in [6.07, 6.45) is -2.07. The average Bonchev–Trinajstić information content (AvgIpc) is 2.81. The highest BCUT2D eigenvalue weighted by molar-refractivity contribution is 5.94. The lowest BCUT2D eigenvalue weighted by molar-refractivity contribution is -0.137. The van der Waals surface area contributed by atoms with Gasteiger partial charge in [-0.05, 0) is 67.4 Å². The second kappa shape index (κ2) is 11.0. The Hall–Kier alpha value is -3.59. The van der Waals surface area contributed by atoms with E-state index in [-0.39, 0.29) is 24.8 Å². The van der Waals surface area contributed by atoms with Crippen molar-refractivity contribution < 1.29 is 32.5 Å². The summed E-state index contributed by atoms with van der Waals surface area (Å²) >= 11 is 0. The van der Waals surface area contributed by atoms with E-state index in [1.54, 1.807) is 24.5 Å². The van der Waals surface area contributed by atoms with E-state index in [4.69, 9.17) is 9.47 Å². The number of alkyl halides is 3. The second-order valence-corrected chi connectivity index (χ2v) is 7.79. The van der Waals surface area contributed by atoms with Gasteiger partial charge in [-0.2, -0.15) is 13.2 Å². The number of carbonyl (C=O) groups is 1. The number of rotatable bonds is 9. The summed E-state index contributed by atoms with van der Waals surface area (Å²) < 4.78 is 49.0. The molecular weight excluding hydrogens is 449 g/mol. The lowest BCUT2D eigenvalue weighted by Gasteiger charge is -2.16. The minimum Gasteiger partial charge on any atom is -0.491 e. The van der Waals surface area contributed by atoms with E-state index in [0.29, 0.717) is 17.9 Å². The third kappa shape index (κ3) is 6.95. The van der Waals surface area contributed by atoms with Gasteiger partial charge in [-0.1, -0.05) is 6.07 Å². The molecule has 2 N–H and O–H groups in total. The molecular formula is C25H25F3N2O4. The molecule has 0 aliphatic carbocycles. The van der Waals surface area contributed by atoms with Crippen molar-refractivity contribution in [3.63, 3.8) is 0 Å². The first kappa shape index (κ1) is 25.0. The molecule has 1 heterocycles. The number of aromatic nitrogens is 1. The zero-order valence-electron chi connectivity index (χ0n) is 18.7. The fourth-order valence-electron chi connectivity index (χ4n) is 3.25. The molecule has 0 radical (unpaired) electrons. The summed E-state index contributed by atoms with van der Waals surface area (Å²) in [5, 5.41) is 12.7. The molecule has 0 spiro atoms. The summed E-state index contributed by atoms with van der Waals surface area (Å²) in [7, 11) is 0. The van der Waals surface area contributed by atoms with E-state index in [2.05, 4.69) is 10.3 Å². The van der Waals surface area contributed by atoms with Crippen LogP contribution >= 0.6 is 0 Å². The van der Waals surface area contributed by atoms with E-state index in [9.17, 15) is 23.1 Å². The maximum absolute atomic E-state index is 12.6.